The monoisotopic (exact) mass is 264 g/mol. The van der Waals surface area contributed by atoms with Crippen molar-refractivity contribution in [3.63, 3.8) is 0 Å². The Kier molecular flexibility index (Phi) is 3.95. The van der Waals surface area contributed by atoms with Gasteiger partial charge in [0.2, 0.25) is 0 Å². The van der Waals surface area contributed by atoms with Crippen molar-refractivity contribution < 1.29 is 15.0 Å². The molecule has 1 aliphatic heterocycles. The number of phenolic OH excluding ortho intramolecular Hbond substituents is 2. The number of aromatic hydroxyl groups is 2. The number of rotatable bonds is 2. The third kappa shape index (κ3) is 3.17. The molecule has 1 aliphatic rings. The molecule has 1 saturated heterocycles. The molecule has 19 heavy (non-hydrogen) atoms. The van der Waals surface area contributed by atoms with Crippen LogP contribution in [-0.2, 0) is 0 Å². The fourth-order valence-electron chi connectivity index (χ4n) is 2.48. The molecule has 5 heteroatoms. The van der Waals surface area contributed by atoms with Crippen LogP contribution in [0.25, 0.3) is 0 Å². The van der Waals surface area contributed by atoms with E-state index in [0.717, 1.165) is 12.8 Å². The molecule has 1 heterocycles. The summed E-state index contributed by atoms with van der Waals surface area (Å²) in [5.74, 6) is -0.520. The first-order valence-electron chi connectivity index (χ1n) is 6.56. The molecule has 3 atom stereocenters. The van der Waals surface area contributed by atoms with E-state index in [4.69, 9.17) is 0 Å². The van der Waals surface area contributed by atoms with Gasteiger partial charge in [0, 0.05) is 18.1 Å². The number of carbonyl (C=O) groups is 1. The van der Waals surface area contributed by atoms with E-state index < -0.39 is 0 Å². The summed E-state index contributed by atoms with van der Waals surface area (Å²) in [6.07, 6.45) is 1.90. The Labute approximate surface area is 112 Å². The van der Waals surface area contributed by atoms with E-state index in [0.29, 0.717) is 6.04 Å². The summed E-state index contributed by atoms with van der Waals surface area (Å²) >= 11 is 0. The lowest BCUT2D eigenvalue weighted by Gasteiger charge is -2.34. The molecule has 0 radical (unpaired) electrons. The van der Waals surface area contributed by atoms with Crippen molar-refractivity contribution >= 4 is 5.91 Å². The first kappa shape index (κ1) is 13.7. The smallest absolute Gasteiger partial charge is 0.255 e. The Morgan fingerprint density at radius 3 is 2.74 bits per heavy atom. The molecule has 1 aromatic rings. The topological polar surface area (TPSA) is 81.6 Å². The maximum Gasteiger partial charge on any atom is 0.255 e. The van der Waals surface area contributed by atoms with E-state index in [9.17, 15) is 15.0 Å². The zero-order valence-electron chi connectivity index (χ0n) is 11.2. The predicted molar refractivity (Wildman–Crippen MR) is 72.3 cm³/mol. The SMILES string of the molecule is CC1CCC(NC(=O)c2cc(O)ccc2O)C(C)N1. The molecular weight excluding hydrogens is 244 g/mol. The summed E-state index contributed by atoms with van der Waals surface area (Å²) < 4.78 is 0. The highest BCUT2D eigenvalue weighted by Gasteiger charge is 2.26. The predicted octanol–water partition coefficient (Wildman–Crippen LogP) is 1.36. The minimum absolute atomic E-state index is 0.0328. The highest BCUT2D eigenvalue weighted by atomic mass is 16.3. The second kappa shape index (κ2) is 5.48. The van der Waals surface area contributed by atoms with Crippen molar-refractivity contribution in [3.05, 3.63) is 23.8 Å². The summed E-state index contributed by atoms with van der Waals surface area (Å²) in [4.78, 5) is 12.1. The van der Waals surface area contributed by atoms with Gasteiger partial charge in [0.1, 0.15) is 11.5 Å². The zero-order chi connectivity index (χ0) is 14.0. The number of hydrogen-bond acceptors (Lipinski definition) is 4. The summed E-state index contributed by atoms with van der Waals surface area (Å²) in [5, 5.41) is 25.3. The van der Waals surface area contributed by atoms with Crippen molar-refractivity contribution in [1.29, 1.82) is 0 Å². The highest BCUT2D eigenvalue weighted by molar-refractivity contribution is 5.97. The fraction of sp³-hybridized carbons (Fsp3) is 0.500. The molecule has 0 aromatic heterocycles. The molecule has 1 amide bonds. The van der Waals surface area contributed by atoms with Crippen molar-refractivity contribution in [3.8, 4) is 11.5 Å². The number of amides is 1. The summed E-state index contributed by atoms with van der Waals surface area (Å²) in [6, 6.07) is 4.61. The number of carbonyl (C=O) groups excluding carboxylic acids is 1. The van der Waals surface area contributed by atoms with Crippen LogP contribution in [0.4, 0.5) is 0 Å². The number of phenols is 2. The van der Waals surface area contributed by atoms with Crippen LogP contribution < -0.4 is 10.6 Å². The number of nitrogens with one attached hydrogen (secondary N) is 2. The standard InChI is InChI=1S/C14H20N2O3/c1-8-3-5-12(9(2)15-8)16-14(19)11-7-10(17)4-6-13(11)18/h4,6-9,12,15,17-18H,3,5H2,1-2H3,(H,16,19). The molecular formula is C14H20N2O3. The van der Waals surface area contributed by atoms with Crippen LogP contribution in [0, 0.1) is 0 Å². The Morgan fingerprint density at radius 2 is 2.05 bits per heavy atom. The molecule has 0 saturated carbocycles. The van der Waals surface area contributed by atoms with E-state index in [1.165, 1.54) is 18.2 Å². The van der Waals surface area contributed by atoms with Crippen LogP contribution in [0.3, 0.4) is 0 Å². The van der Waals surface area contributed by atoms with Gasteiger partial charge in [-0.05, 0) is 44.9 Å². The van der Waals surface area contributed by atoms with Crippen LogP contribution >= 0.6 is 0 Å². The molecule has 1 fully saturated rings. The van der Waals surface area contributed by atoms with E-state index in [-0.39, 0.29) is 35.1 Å². The molecule has 2 rings (SSSR count). The highest BCUT2D eigenvalue weighted by Crippen LogP contribution is 2.22. The third-order valence-corrected chi connectivity index (χ3v) is 3.60. The molecule has 1 aromatic carbocycles. The zero-order valence-corrected chi connectivity index (χ0v) is 11.2. The van der Waals surface area contributed by atoms with Crippen molar-refractivity contribution in [2.24, 2.45) is 0 Å². The maximum absolute atomic E-state index is 12.1. The van der Waals surface area contributed by atoms with Gasteiger partial charge in [-0.3, -0.25) is 4.79 Å². The van der Waals surface area contributed by atoms with Gasteiger partial charge in [-0.15, -0.1) is 0 Å². The van der Waals surface area contributed by atoms with Crippen molar-refractivity contribution in [1.82, 2.24) is 10.6 Å². The summed E-state index contributed by atoms with van der Waals surface area (Å²) in [6.45, 7) is 4.15. The molecule has 0 spiro atoms. The van der Waals surface area contributed by atoms with Gasteiger partial charge >= 0.3 is 0 Å². The van der Waals surface area contributed by atoms with Crippen molar-refractivity contribution in [2.75, 3.05) is 0 Å². The maximum atomic E-state index is 12.1. The van der Waals surface area contributed by atoms with Gasteiger partial charge in [0.05, 0.1) is 5.56 Å². The molecule has 0 bridgehead atoms. The first-order valence-corrected chi connectivity index (χ1v) is 6.56. The van der Waals surface area contributed by atoms with Crippen LogP contribution in [0.5, 0.6) is 11.5 Å². The van der Waals surface area contributed by atoms with E-state index >= 15 is 0 Å². The Hall–Kier alpha value is -1.75. The largest absolute Gasteiger partial charge is 0.508 e. The van der Waals surface area contributed by atoms with Crippen molar-refractivity contribution in [2.45, 2.75) is 44.8 Å². The lowest BCUT2D eigenvalue weighted by molar-refractivity contribution is 0.0911. The normalized spacial score (nSPS) is 26.9. The Bertz CT molecular complexity index is 476. The molecule has 104 valence electrons. The van der Waals surface area contributed by atoms with Crippen LogP contribution in [0.2, 0.25) is 0 Å². The first-order chi connectivity index (χ1) is 8.97. The lowest BCUT2D eigenvalue weighted by atomic mass is 9.95. The van der Waals surface area contributed by atoms with E-state index in [1.54, 1.807) is 0 Å². The summed E-state index contributed by atoms with van der Waals surface area (Å²) in [5.41, 5.74) is 0.103. The number of hydrogen-bond donors (Lipinski definition) is 4. The molecule has 5 nitrogen and oxygen atoms in total. The fourth-order valence-corrected chi connectivity index (χ4v) is 2.48. The third-order valence-electron chi connectivity index (χ3n) is 3.60. The van der Waals surface area contributed by atoms with Gasteiger partial charge in [-0.1, -0.05) is 0 Å². The number of benzene rings is 1. The second-order valence-corrected chi connectivity index (χ2v) is 5.22. The quantitative estimate of drug-likeness (QED) is 0.608. The average molecular weight is 264 g/mol. The van der Waals surface area contributed by atoms with Gasteiger partial charge in [0.25, 0.3) is 5.91 Å². The van der Waals surface area contributed by atoms with Gasteiger partial charge in [-0.2, -0.15) is 0 Å². The van der Waals surface area contributed by atoms with E-state index in [1.807, 2.05) is 6.92 Å². The van der Waals surface area contributed by atoms with Gasteiger partial charge in [-0.25, -0.2) is 0 Å². The van der Waals surface area contributed by atoms with E-state index in [2.05, 4.69) is 17.6 Å². The average Bonchev–Trinajstić information content (AvgIpc) is 2.35. The molecule has 4 N–H and O–H groups in total. The Morgan fingerprint density at radius 1 is 1.32 bits per heavy atom. The van der Waals surface area contributed by atoms with Gasteiger partial charge in [0.15, 0.2) is 0 Å². The van der Waals surface area contributed by atoms with Crippen LogP contribution in [0.15, 0.2) is 18.2 Å². The van der Waals surface area contributed by atoms with Crippen LogP contribution in [0.1, 0.15) is 37.0 Å². The second-order valence-electron chi connectivity index (χ2n) is 5.22. The minimum Gasteiger partial charge on any atom is -0.508 e. The van der Waals surface area contributed by atoms with Gasteiger partial charge < -0.3 is 20.8 Å². The summed E-state index contributed by atoms with van der Waals surface area (Å²) in [7, 11) is 0. The number of piperidine rings is 1. The molecule has 0 aliphatic carbocycles. The molecule has 3 unspecified atom stereocenters. The Balaban J connectivity index is 2.06. The van der Waals surface area contributed by atoms with Crippen LogP contribution in [-0.4, -0.2) is 34.2 Å². The lowest BCUT2D eigenvalue weighted by Crippen LogP contribution is -2.54. The minimum atomic E-state index is -0.360.